The Labute approximate surface area is 136 Å². The lowest BCUT2D eigenvalue weighted by Gasteiger charge is -2.30. The van der Waals surface area contributed by atoms with Crippen LogP contribution in [0.15, 0.2) is 28.3 Å². The highest BCUT2D eigenvalue weighted by atomic mass is 16.6. The lowest BCUT2D eigenvalue weighted by atomic mass is 10.0. The number of carbonyl (C=O) groups excluding carboxylic acids is 1. The Morgan fingerprint density at radius 2 is 2.04 bits per heavy atom. The summed E-state index contributed by atoms with van der Waals surface area (Å²) >= 11 is 0. The van der Waals surface area contributed by atoms with E-state index in [-0.39, 0.29) is 12.5 Å². The van der Waals surface area contributed by atoms with Crippen molar-refractivity contribution >= 4 is 12.2 Å². The van der Waals surface area contributed by atoms with Crippen LogP contribution in [0.4, 0.5) is 0 Å². The highest BCUT2D eigenvalue weighted by molar-refractivity contribution is 5.88. The first-order valence-electron chi connectivity index (χ1n) is 7.96. The molecule has 2 aliphatic rings. The van der Waals surface area contributed by atoms with Crippen LogP contribution in [-0.4, -0.2) is 58.8 Å². The van der Waals surface area contributed by atoms with Crippen molar-refractivity contribution in [1.29, 1.82) is 0 Å². The topological polar surface area (TPSA) is 79.0 Å². The minimum Gasteiger partial charge on any atom is -0.341 e. The normalized spacial score (nSPS) is 22.4. The number of hydrogen-bond acceptors (Lipinski definition) is 5. The number of aliphatic imine (C=N–C) groups is 1. The molecule has 0 N–H and O–H groups in total. The Morgan fingerprint density at radius 3 is 2.52 bits per heavy atom. The summed E-state index contributed by atoms with van der Waals surface area (Å²) in [6.07, 6.45) is 6.35. The maximum atomic E-state index is 13.0. The first kappa shape index (κ1) is 17.2. The molecule has 1 saturated heterocycles. The van der Waals surface area contributed by atoms with E-state index in [1.165, 1.54) is 6.34 Å². The van der Waals surface area contributed by atoms with Gasteiger partial charge in [0.25, 0.3) is 0 Å². The van der Waals surface area contributed by atoms with Crippen molar-refractivity contribution in [1.82, 2.24) is 9.80 Å². The molecule has 1 amide bonds. The molecule has 2 rings (SSSR count). The molecule has 0 spiro atoms. The van der Waals surface area contributed by atoms with Gasteiger partial charge in [0.15, 0.2) is 0 Å². The van der Waals surface area contributed by atoms with Gasteiger partial charge < -0.3 is 9.80 Å². The van der Waals surface area contributed by atoms with Crippen molar-refractivity contribution in [2.75, 3.05) is 19.6 Å². The van der Waals surface area contributed by atoms with Gasteiger partial charge in [-0.15, -0.1) is 0 Å². The standard InChI is InChI=1S/C16H24N4O3/c1-4-13(9-12(2)3)15(16(21)18-7-5-6-8-18)19-10-14(17-11-19)20(22)23/h4,9,11,14-15H,5-8,10H2,1-3H3/b13-4+/t14?,15-/m0/s1. The molecule has 0 radical (unpaired) electrons. The molecule has 0 saturated carbocycles. The van der Waals surface area contributed by atoms with Crippen molar-refractivity contribution in [2.24, 2.45) is 4.99 Å². The highest BCUT2D eigenvalue weighted by Gasteiger charge is 2.37. The van der Waals surface area contributed by atoms with Gasteiger partial charge in [-0.3, -0.25) is 14.9 Å². The molecule has 2 atom stereocenters. The average Bonchev–Trinajstić information content (AvgIpc) is 3.17. The van der Waals surface area contributed by atoms with Gasteiger partial charge in [0.2, 0.25) is 5.91 Å². The van der Waals surface area contributed by atoms with E-state index in [0.29, 0.717) is 0 Å². The largest absolute Gasteiger partial charge is 0.341 e. The summed E-state index contributed by atoms with van der Waals surface area (Å²) in [5, 5.41) is 11.0. The Hall–Kier alpha value is -2.18. The fraction of sp³-hybridized carbons (Fsp3) is 0.625. The van der Waals surface area contributed by atoms with E-state index >= 15 is 0 Å². The van der Waals surface area contributed by atoms with Crippen LogP contribution in [0.25, 0.3) is 0 Å². The molecule has 0 aliphatic carbocycles. The molecule has 1 unspecified atom stereocenters. The van der Waals surface area contributed by atoms with Crippen LogP contribution in [0.1, 0.15) is 33.6 Å². The molecule has 126 valence electrons. The van der Waals surface area contributed by atoms with Gasteiger partial charge in [-0.1, -0.05) is 17.7 Å². The fourth-order valence-electron chi connectivity index (χ4n) is 2.98. The van der Waals surface area contributed by atoms with E-state index in [2.05, 4.69) is 4.99 Å². The van der Waals surface area contributed by atoms with Crippen LogP contribution in [0.5, 0.6) is 0 Å². The average molecular weight is 320 g/mol. The number of likely N-dealkylation sites (tertiary alicyclic amines) is 1. The minimum absolute atomic E-state index is 0.00329. The van der Waals surface area contributed by atoms with Crippen molar-refractivity contribution in [3.8, 4) is 0 Å². The zero-order valence-corrected chi connectivity index (χ0v) is 13.9. The van der Waals surface area contributed by atoms with Gasteiger partial charge in [-0.2, -0.15) is 0 Å². The van der Waals surface area contributed by atoms with Crippen molar-refractivity contribution in [3.63, 3.8) is 0 Å². The molecule has 7 nitrogen and oxygen atoms in total. The quantitative estimate of drug-likeness (QED) is 0.440. The molecule has 0 aromatic carbocycles. The third-order valence-corrected chi connectivity index (χ3v) is 4.09. The summed E-state index contributed by atoms with van der Waals surface area (Å²) in [7, 11) is 0. The molecule has 0 aromatic rings. The molecular weight excluding hydrogens is 296 g/mol. The zero-order chi connectivity index (χ0) is 17.0. The van der Waals surface area contributed by atoms with E-state index in [1.54, 1.807) is 4.90 Å². The second-order valence-electron chi connectivity index (χ2n) is 6.17. The van der Waals surface area contributed by atoms with Crippen LogP contribution in [0.3, 0.4) is 0 Å². The number of nitro groups is 1. The number of nitrogens with zero attached hydrogens (tertiary/aromatic N) is 4. The summed E-state index contributed by atoms with van der Waals surface area (Å²) in [5.74, 6) is 0.00329. The lowest BCUT2D eigenvalue weighted by molar-refractivity contribution is -0.518. The Kier molecular flexibility index (Phi) is 5.52. The van der Waals surface area contributed by atoms with Crippen LogP contribution < -0.4 is 0 Å². The molecule has 1 fully saturated rings. The van der Waals surface area contributed by atoms with Gasteiger partial charge in [0, 0.05) is 18.0 Å². The van der Waals surface area contributed by atoms with Crippen molar-refractivity contribution in [2.45, 2.75) is 45.8 Å². The maximum absolute atomic E-state index is 13.0. The molecule has 2 heterocycles. The van der Waals surface area contributed by atoms with Gasteiger partial charge in [-0.05, 0) is 39.2 Å². The lowest BCUT2D eigenvalue weighted by Crippen LogP contribution is -2.48. The van der Waals surface area contributed by atoms with E-state index in [0.717, 1.165) is 37.1 Å². The third kappa shape index (κ3) is 3.97. The van der Waals surface area contributed by atoms with Gasteiger partial charge >= 0.3 is 6.17 Å². The Morgan fingerprint density at radius 1 is 1.39 bits per heavy atom. The summed E-state index contributed by atoms with van der Waals surface area (Å²) < 4.78 is 0. The van der Waals surface area contributed by atoms with Crippen LogP contribution in [0.2, 0.25) is 0 Å². The predicted molar refractivity (Wildman–Crippen MR) is 88.8 cm³/mol. The SMILES string of the molecule is C/C=C(\C=C(C)C)[C@@H](C(=O)N1CCCC1)N1C=NC([N+](=O)[O-])C1. The zero-order valence-electron chi connectivity index (χ0n) is 13.9. The predicted octanol–water partition coefficient (Wildman–Crippen LogP) is 1.84. The first-order chi connectivity index (χ1) is 10.9. The third-order valence-electron chi connectivity index (χ3n) is 4.09. The summed E-state index contributed by atoms with van der Waals surface area (Å²) in [6.45, 7) is 7.47. The number of allylic oxidation sites excluding steroid dienone is 2. The minimum atomic E-state index is -0.992. The Bertz CT molecular complexity index is 558. The first-order valence-corrected chi connectivity index (χ1v) is 7.96. The van der Waals surface area contributed by atoms with Gasteiger partial charge in [0.05, 0.1) is 6.34 Å². The number of rotatable bonds is 5. The summed E-state index contributed by atoms with van der Waals surface area (Å²) in [4.78, 5) is 31.0. The van der Waals surface area contributed by atoms with E-state index < -0.39 is 17.1 Å². The summed E-state index contributed by atoms with van der Waals surface area (Å²) in [5.41, 5.74) is 1.94. The number of carbonyl (C=O) groups is 1. The van der Waals surface area contributed by atoms with Gasteiger partial charge in [0.1, 0.15) is 12.6 Å². The van der Waals surface area contributed by atoms with Crippen LogP contribution in [-0.2, 0) is 4.79 Å². The molecule has 23 heavy (non-hydrogen) atoms. The van der Waals surface area contributed by atoms with E-state index in [9.17, 15) is 14.9 Å². The highest BCUT2D eigenvalue weighted by Crippen LogP contribution is 2.22. The molecule has 0 bridgehead atoms. The number of amides is 1. The van der Waals surface area contributed by atoms with E-state index in [1.807, 2.05) is 37.8 Å². The second kappa shape index (κ2) is 7.39. The molecular formula is C16H24N4O3. The van der Waals surface area contributed by atoms with Crippen LogP contribution >= 0.6 is 0 Å². The second-order valence-corrected chi connectivity index (χ2v) is 6.17. The van der Waals surface area contributed by atoms with E-state index in [4.69, 9.17) is 0 Å². The Balaban J connectivity index is 2.28. The van der Waals surface area contributed by atoms with Crippen LogP contribution in [0, 0.1) is 10.1 Å². The fourth-order valence-corrected chi connectivity index (χ4v) is 2.98. The molecule has 2 aliphatic heterocycles. The smallest absolute Gasteiger partial charge is 0.322 e. The summed E-state index contributed by atoms with van der Waals surface area (Å²) in [6, 6.07) is -0.540. The molecule has 0 aromatic heterocycles. The maximum Gasteiger partial charge on any atom is 0.322 e. The monoisotopic (exact) mass is 320 g/mol. The molecule has 7 heteroatoms. The van der Waals surface area contributed by atoms with Crippen molar-refractivity contribution in [3.05, 3.63) is 33.4 Å². The van der Waals surface area contributed by atoms with Gasteiger partial charge in [-0.25, -0.2) is 4.99 Å². The van der Waals surface area contributed by atoms with Crippen molar-refractivity contribution < 1.29 is 9.72 Å². The number of hydrogen-bond donors (Lipinski definition) is 0.